The first-order chi connectivity index (χ1) is 9.92. The second kappa shape index (κ2) is 3.48. The third kappa shape index (κ3) is 1.16. The number of nitrogens with zero attached hydrogens (tertiary/aromatic N) is 2. The van der Waals surface area contributed by atoms with E-state index in [2.05, 4.69) is 59.1 Å². The van der Waals surface area contributed by atoms with Gasteiger partial charge in [-0.2, -0.15) is 0 Å². The molecule has 2 heterocycles. The van der Waals surface area contributed by atoms with Crippen molar-refractivity contribution < 1.29 is 0 Å². The van der Waals surface area contributed by atoms with E-state index in [1.807, 2.05) is 6.07 Å². The maximum atomic E-state index is 4.81. The summed E-state index contributed by atoms with van der Waals surface area (Å²) < 4.78 is 2.11. The standard InChI is InChI=1S/C18H11N2/c1-2-10-16-15(9-1)19-18-14-8-4-6-12-5-3-7-13(17(12)14)11-20(16)18/h1-7,9-10H,8H2. The van der Waals surface area contributed by atoms with Gasteiger partial charge in [-0.3, -0.25) is 4.40 Å². The summed E-state index contributed by atoms with van der Waals surface area (Å²) in [4.78, 5) is 4.81. The Balaban J connectivity index is 2.11. The highest BCUT2D eigenvalue weighted by molar-refractivity contribution is 5.99. The summed E-state index contributed by atoms with van der Waals surface area (Å²) in [7, 11) is 0. The molecule has 4 aromatic rings. The summed E-state index contributed by atoms with van der Waals surface area (Å²) in [5.74, 6) is 0. The Morgan fingerprint density at radius 3 is 3.00 bits per heavy atom. The molecule has 5 rings (SSSR count). The van der Waals surface area contributed by atoms with Crippen molar-refractivity contribution in [1.82, 2.24) is 9.38 Å². The molecule has 0 unspecified atom stereocenters. The monoisotopic (exact) mass is 255 g/mol. The first kappa shape index (κ1) is 10.2. The van der Waals surface area contributed by atoms with Crippen molar-refractivity contribution in [3.05, 3.63) is 65.9 Å². The highest BCUT2D eigenvalue weighted by Crippen LogP contribution is 2.32. The number of para-hydroxylation sites is 2. The number of hydrogen-bond acceptors (Lipinski definition) is 1. The highest BCUT2D eigenvalue weighted by atomic mass is 15.0. The van der Waals surface area contributed by atoms with Gasteiger partial charge in [0.05, 0.1) is 17.2 Å². The number of pyridine rings is 1. The predicted octanol–water partition coefficient (Wildman–Crippen LogP) is 4.01. The molecule has 2 nitrogen and oxygen atoms in total. The Hall–Kier alpha value is -2.61. The lowest BCUT2D eigenvalue weighted by Crippen LogP contribution is -1.98. The van der Waals surface area contributed by atoms with Crippen molar-refractivity contribution in [2.45, 2.75) is 6.42 Å². The van der Waals surface area contributed by atoms with Crippen molar-refractivity contribution in [3.8, 4) is 0 Å². The molecule has 1 aliphatic carbocycles. The van der Waals surface area contributed by atoms with E-state index < -0.39 is 0 Å². The third-order valence-corrected chi connectivity index (χ3v) is 4.08. The van der Waals surface area contributed by atoms with E-state index in [0.29, 0.717) is 0 Å². The first-order valence-corrected chi connectivity index (χ1v) is 6.82. The lowest BCUT2D eigenvalue weighted by Gasteiger charge is -2.13. The molecule has 2 aromatic carbocycles. The van der Waals surface area contributed by atoms with E-state index in [1.165, 1.54) is 16.5 Å². The predicted molar refractivity (Wildman–Crippen MR) is 81.8 cm³/mol. The van der Waals surface area contributed by atoms with E-state index in [-0.39, 0.29) is 0 Å². The first-order valence-electron chi connectivity index (χ1n) is 6.82. The molecule has 0 atom stereocenters. The van der Waals surface area contributed by atoms with Crippen LogP contribution in [0.25, 0.3) is 33.5 Å². The molecule has 0 saturated carbocycles. The van der Waals surface area contributed by atoms with Crippen molar-refractivity contribution >= 4 is 33.5 Å². The van der Waals surface area contributed by atoms with Gasteiger partial charge in [0.25, 0.3) is 0 Å². The molecule has 0 spiro atoms. The van der Waals surface area contributed by atoms with Crippen molar-refractivity contribution in [3.63, 3.8) is 0 Å². The molecule has 20 heavy (non-hydrogen) atoms. The largest absolute Gasteiger partial charge is 0.290 e. The number of rotatable bonds is 0. The number of fused-ring (bicyclic) bond motifs is 4. The highest BCUT2D eigenvalue weighted by Gasteiger charge is 2.15. The fraction of sp³-hybridized carbons (Fsp3) is 0.0556. The van der Waals surface area contributed by atoms with Crippen LogP contribution in [0.1, 0.15) is 11.1 Å². The molecule has 0 amide bonds. The molecular weight excluding hydrogens is 244 g/mol. The molecule has 1 radical (unpaired) electrons. The molecule has 2 heteroatoms. The Kier molecular flexibility index (Phi) is 1.78. The minimum atomic E-state index is 0.939. The number of imidazole rings is 1. The van der Waals surface area contributed by atoms with Crippen LogP contribution < -0.4 is 0 Å². The number of hydrogen-bond donors (Lipinski definition) is 0. The SMILES string of the molecule is [c]1c2cccc3c2c(c2nc4ccccc4n12)CC=C3. The molecule has 0 aliphatic heterocycles. The minimum Gasteiger partial charge on any atom is -0.290 e. The van der Waals surface area contributed by atoms with Crippen molar-refractivity contribution in [1.29, 1.82) is 0 Å². The zero-order valence-corrected chi connectivity index (χ0v) is 10.8. The molecule has 0 fully saturated rings. The zero-order chi connectivity index (χ0) is 13.1. The second-order valence-electron chi connectivity index (χ2n) is 5.23. The van der Waals surface area contributed by atoms with Gasteiger partial charge >= 0.3 is 0 Å². The quantitative estimate of drug-likeness (QED) is 0.464. The smallest absolute Gasteiger partial charge is 0.142 e. The number of aromatic nitrogens is 2. The summed E-state index contributed by atoms with van der Waals surface area (Å²) in [5, 5.41) is 2.47. The van der Waals surface area contributed by atoms with Gasteiger partial charge in [0.15, 0.2) is 0 Å². The van der Waals surface area contributed by atoms with Gasteiger partial charge in [-0.05, 0) is 29.5 Å². The minimum absolute atomic E-state index is 0.939. The van der Waals surface area contributed by atoms with Crippen LogP contribution in [0, 0.1) is 6.20 Å². The average Bonchev–Trinajstić information content (AvgIpc) is 2.87. The lowest BCUT2D eigenvalue weighted by molar-refractivity contribution is 1.17. The van der Waals surface area contributed by atoms with E-state index in [9.17, 15) is 0 Å². The topological polar surface area (TPSA) is 17.3 Å². The Bertz CT molecular complexity index is 1020. The fourth-order valence-electron chi connectivity index (χ4n) is 3.21. The van der Waals surface area contributed by atoms with E-state index in [4.69, 9.17) is 4.98 Å². The molecule has 0 bridgehead atoms. The molecular formula is C18H11N2. The fourth-order valence-corrected chi connectivity index (χ4v) is 3.21. The van der Waals surface area contributed by atoms with Crippen LogP contribution >= 0.6 is 0 Å². The van der Waals surface area contributed by atoms with Gasteiger partial charge in [-0.25, -0.2) is 4.98 Å². The Labute approximate surface area is 116 Å². The summed E-state index contributed by atoms with van der Waals surface area (Å²) in [6, 6.07) is 14.6. The zero-order valence-electron chi connectivity index (χ0n) is 10.8. The van der Waals surface area contributed by atoms with E-state index in [0.717, 1.165) is 28.5 Å². The molecule has 1 aliphatic rings. The Morgan fingerprint density at radius 1 is 1.05 bits per heavy atom. The number of allylic oxidation sites excluding steroid dienone is 1. The van der Waals surface area contributed by atoms with E-state index in [1.54, 1.807) is 0 Å². The average molecular weight is 255 g/mol. The molecule has 0 saturated heterocycles. The van der Waals surface area contributed by atoms with Gasteiger partial charge in [-0.15, -0.1) is 0 Å². The molecule has 93 valence electrons. The van der Waals surface area contributed by atoms with Crippen molar-refractivity contribution in [2.24, 2.45) is 0 Å². The van der Waals surface area contributed by atoms with E-state index >= 15 is 0 Å². The van der Waals surface area contributed by atoms with Crippen LogP contribution in [0.3, 0.4) is 0 Å². The Morgan fingerprint density at radius 2 is 2.00 bits per heavy atom. The second-order valence-corrected chi connectivity index (χ2v) is 5.23. The molecule has 0 N–H and O–H groups in total. The molecule has 2 aromatic heterocycles. The van der Waals surface area contributed by atoms with Gasteiger partial charge in [-0.1, -0.05) is 42.5 Å². The van der Waals surface area contributed by atoms with Gasteiger partial charge in [0.2, 0.25) is 0 Å². The van der Waals surface area contributed by atoms with Crippen LogP contribution in [0.2, 0.25) is 0 Å². The maximum absolute atomic E-state index is 4.81. The maximum Gasteiger partial charge on any atom is 0.142 e. The van der Waals surface area contributed by atoms with Crippen LogP contribution in [0.15, 0.2) is 48.5 Å². The van der Waals surface area contributed by atoms with Gasteiger partial charge in [0, 0.05) is 10.9 Å². The normalized spacial score (nSPS) is 13.6. The van der Waals surface area contributed by atoms with Crippen molar-refractivity contribution in [2.75, 3.05) is 0 Å². The lowest BCUT2D eigenvalue weighted by atomic mass is 9.95. The van der Waals surface area contributed by atoms with Crippen LogP contribution in [0.5, 0.6) is 0 Å². The number of benzene rings is 2. The summed E-state index contributed by atoms with van der Waals surface area (Å²) in [6.45, 7) is 0. The summed E-state index contributed by atoms with van der Waals surface area (Å²) in [5.41, 5.74) is 5.78. The summed E-state index contributed by atoms with van der Waals surface area (Å²) in [6.07, 6.45) is 8.86. The summed E-state index contributed by atoms with van der Waals surface area (Å²) >= 11 is 0. The third-order valence-electron chi connectivity index (χ3n) is 4.08. The van der Waals surface area contributed by atoms with Crippen LogP contribution in [-0.4, -0.2) is 9.38 Å². The van der Waals surface area contributed by atoms with Crippen LogP contribution in [0.4, 0.5) is 0 Å². The van der Waals surface area contributed by atoms with Gasteiger partial charge < -0.3 is 0 Å². The van der Waals surface area contributed by atoms with Gasteiger partial charge in [0.1, 0.15) is 5.65 Å². The van der Waals surface area contributed by atoms with Crippen LogP contribution in [-0.2, 0) is 6.42 Å².